The Balaban J connectivity index is 2.05. The van der Waals surface area contributed by atoms with Gasteiger partial charge in [0.25, 0.3) is 5.69 Å². The lowest BCUT2D eigenvalue weighted by atomic mass is 10.1. The summed E-state index contributed by atoms with van der Waals surface area (Å²) < 4.78 is 9.77. The Bertz CT molecular complexity index is 801. The van der Waals surface area contributed by atoms with Crippen LogP contribution in [0.5, 0.6) is 11.5 Å². The second kappa shape index (κ2) is 7.23. The molecule has 0 saturated heterocycles. The third kappa shape index (κ3) is 3.86. The van der Waals surface area contributed by atoms with Crippen molar-refractivity contribution >= 4 is 17.4 Å². The number of benzene rings is 2. The highest BCUT2D eigenvalue weighted by molar-refractivity contribution is 5.99. The number of phenols is 1. The number of ketones is 1. The number of aromatic hydroxyl groups is 1. The van der Waals surface area contributed by atoms with Gasteiger partial charge in [0.1, 0.15) is 0 Å². The molecule has 2 aromatic rings. The number of hydrogen-bond acceptors (Lipinski definition) is 7. The molecule has 0 spiro atoms. The van der Waals surface area contributed by atoms with Crippen molar-refractivity contribution in [1.29, 1.82) is 0 Å². The van der Waals surface area contributed by atoms with E-state index in [0.717, 1.165) is 6.07 Å². The zero-order chi connectivity index (χ0) is 17.7. The molecule has 24 heavy (non-hydrogen) atoms. The lowest BCUT2D eigenvalue weighted by Crippen LogP contribution is -2.14. The number of carbonyl (C=O) groups excluding carboxylic acids is 2. The number of non-ortho nitro benzene ring substituents is 1. The van der Waals surface area contributed by atoms with E-state index in [0.29, 0.717) is 0 Å². The van der Waals surface area contributed by atoms with E-state index in [1.54, 1.807) is 0 Å². The Morgan fingerprint density at radius 2 is 1.92 bits per heavy atom. The van der Waals surface area contributed by atoms with Crippen LogP contribution in [0.15, 0.2) is 42.5 Å². The number of nitro groups is 1. The number of ether oxygens (including phenoxy) is 2. The zero-order valence-electron chi connectivity index (χ0n) is 12.6. The number of phenolic OH excluding ortho intramolecular Hbond substituents is 1. The molecular weight excluding hydrogens is 318 g/mol. The number of esters is 1. The molecule has 2 rings (SSSR count). The van der Waals surface area contributed by atoms with Crippen molar-refractivity contribution in [3.63, 3.8) is 0 Å². The Morgan fingerprint density at radius 3 is 2.58 bits per heavy atom. The summed E-state index contributed by atoms with van der Waals surface area (Å²) >= 11 is 0. The van der Waals surface area contributed by atoms with E-state index in [1.165, 1.54) is 43.5 Å². The van der Waals surface area contributed by atoms with Crippen molar-refractivity contribution in [3.8, 4) is 11.5 Å². The van der Waals surface area contributed by atoms with Crippen molar-refractivity contribution in [3.05, 3.63) is 63.7 Å². The maximum Gasteiger partial charge on any atom is 0.338 e. The minimum absolute atomic E-state index is 0.0697. The smallest absolute Gasteiger partial charge is 0.338 e. The van der Waals surface area contributed by atoms with Crippen molar-refractivity contribution in [2.75, 3.05) is 13.7 Å². The molecule has 0 unspecified atom stereocenters. The van der Waals surface area contributed by atoms with Crippen LogP contribution in [0.4, 0.5) is 5.69 Å². The number of nitro benzene ring substituents is 1. The summed E-state index contributed by atoms with van der Waals surface area (Å²) in [6.45, 7) is -0.566. The first-order chi connectivity index (χ1) is 11.4. The van der Waals surface area contributed by atoms with Gasteiger partial charge in [-0.3, -0.25) is 14.9 Å². The first-order valence-corrected chi connectivity index (χ1v) is 6.74. The molecular formula is C16H13NO7. The number of carbonyl (C=O) groups is 2. The van der Waals surface area contributed by atoms with Gasteiger partial charge in [-0.1, -0.05) is 12.1 Å². The predicted octanol–water partition coefficient (Wildman–Crippen LogP) is 2.35. The third-order valence-electron chi connectivity index (χ3n) is 3.13. The highest BCUT2D eigenvalue weighted by Crippen LogP contribution is 2.26. The molecule has 0 heterocycles. The Labute approximate surface area is 136 Å². The first kappa shape index (κ1) is 16.9. The van der Waals surface area contributed by atoms with Gasteiger partial charge in [-0.15, -0.1) is 0 Å². The van der Waals surface area contributed by atoms with Gasteiger partial charge in [0.2, 0.25) is 5.78 Å². The van der Waals surface area contributed by atoms with Gasteiger partial charge >= 0.3 is 5.97 Å². The number of rotatable bonds is 6. The molecule has 0 aliphatic rings. The van der Waals surface area contributed by atoms with Crippen LogP contribution >= 0.6 is 0 Å². The van der Waals surface area contributed by atoms with E-state index in [1.807, 2.05) is 0 Å². The molecule has 0 aliphatic heterocycles. The lowest BCUT2D eigenvalue weighted by Gasteiger charge is -2.07. The van der Waals surface area contributed by atoms with E-state index in [-0.39, 0.29) is 28.3 Å². The fourth-order valence-corrected chi connectivity index (χ4v) is 1.90. The molecule has 0 amide bonds. The Hall–Kier alpha value is -3.42. The van der Waals surface area contributed by atoms with E-state index in [9.17, 15) is 24.8 Å². The molecule has 8 nitrogen and oxygen atoms in total. The minimum Gasteiger partial charge on any atom is -0.504 e. The summed E-state index contributed by atoms with van der Waals surface area (Å²) in [5.74, 6) is -1.40. The molecule has 2 aromatic carbocycles. The molecule has 124 valence electrons. The van der Waals surface area contributed by atoms with Crippen LogP contribution in [0.3, 0.4) is 0 Å². The monoisotopic (exact) mass is 331 g/mol. The molecule has 0 atom stereocenters. The first-order valence-electron chi connectivity index (χ1n) is 6.74. The normalized spacial score (nSPS) is 10.0. The Morgan fingerprint density at radius 1 is 1.17 bits per heavy atom. The van der Waals surface area contributed by atoms with Crippen molar-refractivity contribution in [2.24, 2.45) is 0 Å². The van der Waals surface area contributed by atoms with Crippen molar-refractivity contribution in [2.45, 2.75) is 0 Å². The number of hydrogen-bond donors (Lipinski definition) is 1. The quantitative estimate of drug-likeness (QED) is 0.374. The summed E-state index contributed by atoms with van der Waals surface area (Å²) in [6.07, 6.45) is 0. The highest BCUT2D eigenvalue weighted by atomic mass is 16.6. The van der Waals surface area contributed by atoms with Crippen LogP contribution in [-0.2, 0) is 4.74 Å². The topological polar surface area (TPSA) is 116 Å². The highest BCUT2D eigenvalue weighted by Gasteiger charge is 2.16. The maximum absolute atomic E-state index is 12.0. The fourth-order valence-electron chi connectivity index (χ4n) is 1.90. The van der Waals surface area contributed by atoms with Gasteiger partial charge < -0.3 is 14.6 Å². The second-order valence-electron chi connectivity index (χ2n) is 4.69. The van der Waals surface area contributed by atoms with E-state index < -0.39 is 23.3 Å². The van der Waals surface area contributed by atoms with Crippen LogP contribution in [0.1, 0.15) is 20.7 Å². The molecule has 1 N–H and O–H groups in total. The van der Waals surface area contributed by atoms with Gasteiger partial charge in [0.05, 0.1) is 17.6 Å². The van der Waals surface area contributed by atoms with Crippen LogP contribution in [0.2, 0.25) is 0 Å². The zero-order valence-corrected chi connectivity index (χ0v) is 12.6. The lowest BCUT2D eigenvalue weighted by molar-refractivity contribution is -0.384. The predicted molar refractivity (Wildman–Crippen MR) is 82.4 cm³/mol. The average Bonchev–Trinajstić information content (AvgIpc) is 2.59. The molecule has 0 fully saturated rings. The number of nitrogens with zero attached hydrogens (tertiary/aromatic N) is 1. The molecule has 0 radical (unpaired) electrons. The molecule has 0 aromatic heterocycles. The average molecular weight is 331 g/mol. The summed E-state index contributed by atoms with van der Waals surface area (Å²) in [7, 11) is 1.33. The van der Waals surface area contributed by atoms with E-state index in [2.05, 4.69) is 0 Å². The van der Waals surface area contributed by atoms with Gasteiger partial charge in [-0.25, -0.2) is 4.79 Å². The number of methoxy groups -OCH3 is 1. The summed E-state index contributed by atoms with van der Waals surface area (Å²) in [5.41, 5.74) is -0.0628. The standard InChI is InChI=1S/C16H13NO7/c1-23-15-8-11(5-6-13(15)18)16(20)24-9-14(19)10-3-2-4-12(7-10)17(21)22/h2-8,18H,9H2,1H3. The van der Waals surface area contributed by atoms with Gasteiger partial charge in [-0.2, -0.15) is 0 Å². The second-order valence-corrected chi connectivity index (χ2v) is 4.69. The van der Waals surface area contributed by atoms with Crippen LogP contribution in [0.25, 0.3) is 0 Å². The van der Waals surface area contributed by atoms with Gasteiger partial charge in [0.15, 0.2) is 18.1 Å². The van der Waals surface area contributed by atoms with Crippen molar-refractivity contribution < 1.29 is 29.1 Å². The SMILES string of the molecule is COc1cc(C(=O)OCC(=O)c2cccc([N+](=O)[O-])c2)ccc1O. The van der Waals surface area contributed by atoms with Crippen molar-refractivity contribution in [1.82, 2.24) is 0 Å². The minimum atomic E-state index is -0.785. The molecule has 8 heteroatoms. The van der Waals surface area contributed by atoms with E-state index in [4.69, 9.17) is 9.47 Å². The maximum atomic E-state index is 12.0. The van der Waals surface area contributed by atoms with Gasteiger partial charge in [-0.05, 0) is 18.2 Å². The van der Waals surface area contributed by atoms with E-state index >= 15 is 0 Å². The van der Waals surface area contributed by atoms with Crippen LogP contribution < -0.4 is 4.74 Å². The van der Waals surface area contributed by atoms with Crippen LogP contribution in [-0.4, -0.2) is 35.5 Å². The third-order valence-corrected chi connectivity index (χ3v) is 3.13. The summed E-state index contributed by atoms with van der Waals surface area (Å²) in [4.78, 5) is 34.0. The summed E-state index contributed by atoms with van der Waals surface area (Å²) in [5, 5.41) is 20.2. The molecule has 0 bridgehead atoms. The molecule has 0 saturated carbocycles. The summed E-state index contributed by atoms with van der Waals surface area (Å²) in [6, 6.07) is 8.99. The molecule has 0 aliphatic carbocycles. The Kier molecular flexibility index (Phi) is 5.10. The fraction of sp³-hybridized carbons (Fsp3) is 0.125. The largest absolute Gasteiger partial charge is 0.504 e. The van der Waals surface area contributed by atoms with Gasteiger partial charge in [0, 0.05) is 17.7 Å². The van der Waals surface area contributed by atoms with Crippen LogP contribution in [0, 0.1) is 10.1 Å². The number of Topliss-reactive ketones (excluding diaryl/α,β-unsaturated/α-hetero) is 1.